The molecule has 1 saturated heterocycles. The van der Waals surface area contributed by atoms with Gasteiger partial charge in [0.1, 0.15) is 0 Å². The van der Waals surface area contributed by atoms with Gasteiger partial charge < -0.3 is 10.1 Å². The van der Waals surface area contributed by atoms with Crippen molar-refractivity contribution < 1.29 is 17.9 Å². The summed E-state index contributed by atoms with van der Waals surface area (Å²) in [6.07, 6.45) is 0. The van der Waals surface area contributed by atoms with Gasteiger partial charge in [0, 0.05) is 33.8 Å². The summed E-state index contributed by atoms with van der Waals surface area (Å²) < 4.78 is 32.8. The van der Waals surface area contributed by atoms with E-state index in [1.54, 1.807) is 30.3 Å². The maximum absolute atomic E-state index is 12.9. The lowest BCUT2D eigenvalue weighted by Gasteiger charge is -2.26. The third kappa shape index (κ3) is 4.52. The van der Waals surface area contributed by atoms with Crippen molar-refractivity contribution in [1.82, 2.24) is 4.31 Å². The van der Waals surface area contributed by atoms with Crippen molar-refractivity contribution in [2.24, 2.45) is 0 Å². The standard InChI is InChI=1S/C18H18BrClN2O4S/c1-12-2-4-14(11-16(12)20)21-18(23)13-3-5-15(19)17(10-13)27(24,25)22-6-8-26-9-7-22/h2-5,10-11H,6-9H2,1H3,(H,21,23). The van der Waals surface area contributed by atoms with E-state index in [1.807, 2.05) is 6.92 Å². The number of hydrogen-bond donors (Lipinski definition) is 1. The largest absolute Gasteiger partial charge is 0.379 e. The van der Waals surface area contributed by atoms with E-state index in [0.717, 1.165) is 5.56 Å². The normalized spacial score (nSPS) is 15.5. The number of nitrogens with zero attached hydrogens (tertiary/aromatic N) is 1. The number of ether oxygens (including phenoxy) is 1. The van der Waals surface area contributed by atoms with Crippen LogP contribution in [0.1, 0.15) is 15.9 Å². The van der Waals surface area contributed by atoms with Crippen LogP contribution in [-0.2, 0) is 14.8 Å². The summed E-state index contributed by atoms with van der Waals surface area (Å²) in [6, 6.07) is 9.69. The minimum Gasteiger partial charge on any atom is -0.379 e. The molecule has 1 heterocycles. The van der Waals surface area contributed by atoms with Crippen molar-refractivity contribution in [3.05, 3.63) is 57.0 Å². The van der Waals surface area contributed by atoms with Crippen LogP contribution < -0.4 is 5.32 Å². The van der Waals surface area contributed by atoms with Crippen LogP contribution in [-0.4, -0.2) is 44.9 Å². The molecule has 1 amide bonds. The number of hydrogen-bond acceptors (Lipinski definition) is 4. The minimum absolute atomic E-state index is 0.0546. The fourth-order valence-corrected chi connectivity index (χ4v) is 5.18. The summed E-state index contributed by atoms with van der Waals surface area (Å²) in [5.41, 5.74) is 1.68. The molecule has 0 spiro atoms. The van der Waals surface area contributed by atoms with Crippen molar-refractivity contribution in [2.75, 3.05) is 31.6 Å². The number of aryl methyl sites for hydroxylation is 1. The van der Waals surface area contributed by atoms with Crippen LogP contribution in [0.25, 0.3) is 0 Å². The van der Waals surface area contributed by atoms with Crippen molar-refractivity contribution in [3.63, 3.8) is 0 Å². The van der Waals surface area contributed by atoms with Crippen molar-refractivity contribution >= 4 is 49.1 Å². The number of benzene rings is 2. The van der Waals surface area contributed by atoms with Crippen LogP contribution >= 0.6 is 27.5 Å². The maximum atomic E-state index is 12.9. The SMILES string of the molecule is Cc1ccc(NC(=O)c2ccc(Br)c(S(=O)(=O)N3CCOCC3)c2)cc1Cl. The quantitative estimate of drug-likeness (QED) is 0.735. The molecule has 2 aromatic rings. The molecule has 0 aliphatic carbocycles. The highest BCUT2D eigenvalue weighted by atomic mass is 79.9. The average molecular weight is 474 g/mol. The number of anilines is 1. The highest BCUT2D eigenvalue weighted by Crippen LogP contribution is 2.27. The van der Waals surface area contributed by atoms with E-state index in [0.29, 0.717) is 28.4 Å². The second-order valence-corrected chi connectivity index (χ2v) is 9.25. The molecule has 1 aliphatic rings. The predicted octanol–water partition coefficient (Wildman–Crippen LogP) is 3.68. The number of nitrogens with one attached hydrogen (secondary N) is 1. The molecule has 9 heteroatoms. The summed E-state index contributed by atoms with van der Waals surface area (Å²) >= 11 is 9.36. The van der Waals surface area contributed by atoms with Crippen molar-refractivity contribution in [2.45, 2.75) is 11.8 Å². The monoisotopic (exact) mass is 472 g/mol. The third-order valence-corrected chi connectivity index (χ3v) is 7.51. The van der Waals surface area contributed by atoms with Crippen LogP contribution in [0, 0.1) is 6.92 Å². The zero-order valence-electron chi connectivity index (χ0n) is 14.5. The summed E-state index contributed by atoms with van der Waals surface area (Å²) in [7, 11) is -3.73. The molecule has 1 N–H and O–H groups in total. The first kappa shape index (κ1) is 20.3. The van der Waals surface area contributed by atoms with Gasteiger partial charge in [-0.2, -0.15) is 4.31 Å². The van der Waals surface area contributed by atoms with E-state index in [-0.39, 0.29) is 23.5 Å². The van der Waals surface area contributed by atoms with Gasteiger partial charge >= 0.3 is 0 Å². The van der Waals surface area contributed by atoms with Crippen LogP contribution in [0.4, 0.5) is 5.69 Å². The molecule has 1 aliphatic heterocycles. The molecular formula is C18H18BrClN2O4S. The fourth-order valence-electron chi connectivity index (χ4n) is 2.64. The number of rotatable bonds is 4. The lowest BCUT2D eigenvalue weighted by Crippen LogP contribution is -2.40. The predicted molar refractivity (Wildman–Crippen MR) is 108 cm³/mol. The molecule has 3 rings (SSSR count). The molecule has 0 saturated carbocycles. The van der Waals surface area contributed by atoms with Gasteiger partial charge in [-0.05, 0) is 58.7 Å². The molecule has 27 heavy (non-hydrogen) atoms. The number of carbonyl (C=O) groups is 1. The summed E-state index contributed by atoms with van der Waals surface area (Å²) in [4.78, 5) is 12.6. The molecule has 6 nitrogen and oxygen atoms in total. The summed E-state index contributed by atoms with van der Waals surface area (Å²) in [5, 5.41) is 3.28. The van der Waals surface area contributed by atoms with E-state index < -0.39 is 15.9 Å². The molecule has 1 fully saturated rings. The van der Waals surface area contributed by atoms with Crippen LogP contribution in [0.2, 0.25) is 5.02 Å². The van der Waals surface area contributed by atoms with Crippen molar-refractivity contribution in [1.29, 1.82) is 0 Å². The van der Waals surface area contributed by atoms with E-state index in [2.05, 4.69) is 21.2 Å². The third-order valence-electron chi connectivity index (χ3n) is 4.21. The fraction of sp³-hybridized carbons (Fsp3) is 0.278. The number of carbonyl (C=O) groups excluding carboxylic acids is 1. The van der Waals surface area contributed by atoms with Gasteiger partial charge in [0.2, 0.25) is 10.0 Å². The maximum Gasteiger partial charge on any atom is 0.255 e. The number of amides is 1. The minimum atomic E-state index is -3.73. The Morgan fingerprint density at radius 2 is 1.89 bits per heavy atom. The lowest BCUT2D eigenvalue weighted by atomic mass is 10.2. The summed E-state index contributed by atoms with van der Waals surface area (Å²) in [5.74, 6) is -0.416. The van der Waals surface area contributed by atoms with Gasteiger partial charge in [-0.15, -0.1) is 0 Å². The molecule has 0 unspecified atom stereocenters. The first-order chi connectivity index (χ1) is 12.8. The molecule has 0 atom stereocenters. The summed E-state index contributed by atoms with van der Waals surface area (Å²) in [6.45, 7) is 3.14. The zero-order chi connectivity index (χ0) is 19.6. The van der Waals surface area contributed by atoms with Gasteiger partial charge in [-0.25, -0.2) is 8.42 Å². The van der Waals surface area contributed by atoms with Crippen molar-refractivity contribution in [3.8, 4) is 0 Å². The van der Waals surface area contributed by atoms with Gasteiger partial charge in [0.15, 0.2) is 0 Å². The van der Waals surface area contributed by atoms with Gasteiger partial charge in [0.05, 0.1) is 18.1 Å². The van der Waals surface area contributed by atoms with E-state index in [9.17, 15) is 13.2 Å². The Hall–Kier alpha value is -1.45. The van der Waals surface area contributed by atoms with E-state index >= 15 is 0 Å². The first-order valence-corrected chi connectivity index (χ1v) is 10.8. The first-order valence-electron chi connectivity index (χ1n) is 8.24. The lowest BCUT2D eigenvalue weighted by molar-refractivity contribution is 0.0730. The van der Waals surface area contributed by atoms with Crippen LogP contribution in [0.3, 0.4) is 0 Å². The Balaban J connectivity index is 1.88. The van der Waals surface area contributed by atoms with Crippen LogP contribution in [0.5, 0.6) is 0 Å². The number of halogens is 2. The Kier molecular flexibility index (Phi) is 6.22. The Morgan fingerprint density at radius 1 is 1.19 bits per heavy atom. The second-order valence-electron chi connectivity index (χ2n) is 6.08. The Labute approximate surface area is 171 Å². The Morgan fingerprint density at radius 3 is 2.56 bits per heavy atom. The van der Waals surface area contributed by atoms with Gasteiger partial charge in [0.25, 0.3) is 5.91 Å². The topological polar surface area (TPSA) is 75.7 Å². The molecule has 0 aromatic heterocycles. The zero-order valence-corrected chi connectivity index (χ0v) is 17.7. The number of morpholine rings is 1. The van der Waals surface area contributed by atoms with Gasteiger partial charge in [-0.3, -0.25) is 4.79 Å². The molecular weight excluding hydrogens is 456 g/mol. The molecule has 144 valence electrons. The van der Waals surface area contributed by atoms with E-state index in [1.165, 1.54) is 10.4 Å². The second kappa shape index (κ2) is 8.28. The number of sulfonamides is 1. The average Bonchev–Trinajstić information content (AvgIpc) is 2.65. The molecule has 2 aromatic carbocycles. The van der Waals surface area contributed by atoms with Gasteiger partial charge in [-0.1, -0.05) is 17.7 Å². The Bertz CT molecular complexity index is 975. The van der Waals surface area contributed by atoms with Crippen LogP contribution in [0.15, 0.2) is 45.8 Å². The van der Waals surface area contributed by atoms with E-state index in [4.69, 9.17) is 16.3 Å². The molecule has 0 radical (unpaired) electrons. The highest BCUT2D eigenvalue weighted by molar-refractivity contribution is 9.10. The molecule has 0 bridgehead atoms. The highest BCUT2D eigenvalue weighted by Gasteiger charge is 2.29. The smallest absolute Gasteiger partial charge is 0.255 e.